The van der Waals surface area contributed by atoms with Gasteiger partial charge in [0.15, 0.2) is 17.6 Å². The van der Waals surface area contributed by atoms with Crippen LogP contribution >= 0.6 is 23.4 Å². The molecular formula is C22H19ClN2O6S. The summed E-state index contributed by atoms with van der Waals surface area (Å²) in [6, 6.07) is 11.9. The maximum Gasteiger partial charge on any atom is 0.293 e. The summed E-state index contributed by atoms with van der Waals surface area (Å²) in [6.45, 7) is 1.94. The number of nitrogens with one attached hydrogen (secondary N) is 1. The molecular weight excluding hydrogens is 456 g/mol. The van der Waals surface area contributed by atoms with Crippen molar-refractivity contribution in [2.45, 2.75) is 13.0 Å². The SMILES string of the molecule is CC(Oc1ccc(Cl)cc1)C(=O)NCCN1C(=O)S/C(=C\c2ccc3c(c2)OCO3)C1=O. The summed E-state index contributed by atoms with van der Waals surface area (Å²) in [4.78, 5) is 38.6. The van der Waals surface area contributed by atoms with Crippen molar-refractivity contribution in [1.29, 1.82) is 0 Å². The standard InChI is InChI=1S/C22H19ClN2O6S/c1-13(31-16-5-3-15(23)4-6-16)20(26)24-8-9-25-21(27)19(32-22(25)28)11-14-2-7-17-18(10-14)30-12-29-17/h2-7,10-11,13H,8-9,12H2,1H3,(H,24,26)/b19-11-. The van der Waals surface area contributed by atoms with Crippen LogP contribution in [0.25, 0.3) is 6.08 Å². The average molecular weight is 475 g/mol. The Balaban J connectivity index is 1.30. The van der Waals surface area contributed by atoms with E-state index in [1.54, 1.807) is 55.5 Å². The van der Waals surface area contributed by atoms with Gasteiger partial charge < -0.3 is 19.5 Å². The van der Waals surface area contributed by atoms with Gasteiger partial charge in [-0.05, 0) is 66.7 Å². The molecule has 3 amide bonds. The first-order valence-electron chi connectivity index (χ1n) is 9.75. The van der Waals surface area contributed by atoms with E-state index < -0.39 is 12.0 Å². The lowest BCUT2D eigenvalue weighted by Gasteiger charge is -2.16. The van der Waals surface area contributed by atoms with Crippen LogP contribution < -0.4 is 19.5 Å². The Morgan fingerprint density at radius 3 is 2.75 bits per heavy atom. The summed E-state index contributed by atoms with van der Waals surface area (Å²) in [5.74, 6) is 0.979. The first-order valence-corrected chi connectivity index (χ1v) is 10.9. The Kier molecular flexibility index (Phi) is 6.57. The summed E-state index contributed by atoms with van der Waals surface area (Å²) in [5, 5.41) is 2.86. The Morgan fingerprint density at radius 2 is 1.97 bits per heavy atom. The van der Waals surface area contributed by atoms with Crippen molar-refractivity contribution in [3.8, 4) is 17.2 Å². The number of carbonyl (C=O) groups is 3. The van der Waals surface area contributed by atoms with E-state index in [1.807, 2.05) is 0 Å². The normalized spacial score (nSPS) is 17.1. The zero-order chi connectivity index (χ0) is 22.7. The molecule has 0 bridgehead atoms. The van der Waals surface area contributed by atoms with Crippen LogP contribution in [0, 0.1) is 0 Å². The van der Waals surface area contributed by atoms with Crippen LogP contribution in [0.5, 0.6) is 17.2 Å². The number of nitrogens with zero attached hydrogens (tertiary/aromatic N) is 1. The van der Waals surface area contributed by atoms with Gasteiger partial charge in [0.25, 0.3) is 17.1 Å². The maximum atomic E-state index is 12.6. The average Bonchev–Trinajstić information content (AvgIpc) is 3.34. The van der Waals surface area contributed by atoms with E-state index in [1.165, 1.54) is 0 Å². The van der Waals surface area contributed by atoms with Crippen molar-refractivity contribution in [2.24, 2.45) is 0 Å². The lowest BCUT2D eigenvalue weighted by atomic mass is 10.2. The van der Waals surface area contributed by atoms with Gasteiger partial charge >= 0.3 is 0 Å². The zero-order valence-electron chi connectivity index (χ0n) is 17.0. The summed E-state index contributed by atoms with van der Waals surface area (Å²) < 4.78 is 16.2. The zero-order valence-corrected chi connectivity index (χ0v) is 18.6. The predicted octanol–water partition coefficient (Wildman–Crippen LogP) is 3.69. The number of hydrogen-bond acceptors (Lipinski definition) is 7. The molecule has 8 nitrogen and oxygen atoms in total. The van der Waals surface area contributed by atoms with Gasteiger partial charge in [-0.3, -0.25) is 19.3 Å². The van der Waals surface area contributed by atoms with Crippen LogP contribution in [0.15, 0.2) is 47.4 Å². The molecule has 1 saturated heterocycles. The third-order valence-electron chi connectivity index (χ3n) is 4.70. The van der Waals surface area contributed by atoms with Gasteiger partial charge in [0.1, 0.15) is 5.75 Å². The Bertz CT molecular complexity index is 1090. The minimum atomic E-state index is -0.753. The molecule has 1 fully saturated rings. The monoisotopic (exact) mass is 474 g/mol. The third kappa shape index (κ3) is 5.00. The molecule has 0 spiro atoms. The molecule has 2 aliphatic heterocycles. The van der Waals surface area contributed by atoms with Gasteiger partial charge in [-0.25, -0.2) is 0 Å². The van der Waals surface area contributed by atoms with Crippen molar-refractivity contribution in [2.75, 3.05) is 19.9 Å². The summed E-state index contributed by atoms with van der Waals surface area (Å²) in [5.41, 5.74) is 0.723. The second kappa shape index (κ2) is 9.54. The number of rotatable bonds is 7. The molecule has 2 aliphatic rings. The quantitative estimate of drug-likeness (QED) is 0.611. The molecule has 4 rings (SSSR count). The van der Waals surface area contributed by atoms with Crippen molar-refractivity contribution in [3.63, 3.8) is 0 Å². The molecule has 1 atom stereocenters. The molecule has 1 N–H and O–H groups in total. The van der Waals surface area contributed by atoms with E-state index >= 15 is 0 Å². The van der Waals surface area contributed by atoms with Gasteiger partial charge in [0, 0.05) is 18.1 Å². The third-order valence-corrected chi connectivity index (χ3v) is 5.86. The Labute approximate surface area is 193 Å². The fourth-order valence-electron chi connectivity index (χ4n) is 3.05. The van der Waals surface area contributed by atoms with E-state index in [-0.39, 0.29) is 31.0 Å². The van der Waals surface area contributed by atoms with Crippen molar-refractivity contribution >= 4 is 46.5 Å². The van der Waals surface area contributed by atoms with Gasteiger partial charge in [-0.2, -0.15) is 0 Å². The molecule has 2 aromatic carbocycles. The molecule has 2 aromatic rings. The molecule has 0 saturated carbocycles. The smallest absolute Gasteiger partial charge is 0.293 e. The highest BCUT2D eigenvalue weighted by Gasteiger charge is 2.34. The lowest BCUT2D eigenvalue weighted by Crippen LogP contribution is -2.41. The number of carbonyl (C=O) groups excluding carboxylic acids is 3. The molecule has 0 aliphatic carbocycles. The van der Waals surface area contributed by atoms with Gasteiger partial charge in [-0.15, -0.1) is 0 Å². The van der Waals surface area contributed by atoms with E-state index in [2.05, 4.69) is 5.32 Å². The molecule has 0 radical (unpaired) electrons. The van der Waals surface area contributed by atoms with E-state index in [0.717, 1.165) is 22.2 Å². The molecule has 32 heavy (non-hydrogen) atoms. The number of fused-ring (bicyclic) bond motifs is 1. The number of hydrogen-bond donors (Lipinski definition) is 1. The second-order valence-electron chi connectivity index (χ2n) is 6.95. The van der Waals surface area contributed by atoms with Crippen molar-refractivity contribution < 1.29 is 28.6 Å². The number of benzene rings is 2. The fraction of sp³-hybridized carbons (Fsp3) is 0.227. The van der Waals surface area contributed by atoms with Crippen molar-refractivity contribution in [1.82, 2.24) is 10.2 Å². The molecule has 1 unspecified atom stereocenters. The second-order valence-corrected chi connectivity index (χ2v) is 8.38. The van der Waals surface area contributed by atoms with E-state index in [4.69, 9.17) is 25.8 Å². The number of halogens is 1. The van der Waals surface area contributed by atoms with Crippen LogP contribution in [0.1, 0.15) is 12.5 Å². The van der Waals surface area contributed by atoms with Crippen LogP contribution in [-0.2, 0) is 9.59 Å². The number of imide groups is 1. The molecule has 10 heteroatoms. The number of thioether (sulfide) groups is 1. The highest BCUT2D eigenvalue weighted by atomic mass is 35.5. The van der Waals surface area contributed by atoms with Gasteiger partial charge in [-0.1, -0.05) is 17.7 Å². The first-order chi connectivity index (χ1) is 15.4. The molecule has 2 heterocycles. The van der Waals surface area contributed by atoms with Crippen LogP contribution in [-0.4, -0.2) is 47.9 Å². The number of ether oxygens (including phenoxy) is 3. The summed E-state index contributed by atoms with van der Waals surface area (Å²) in [7, 11) is 0. The fourth-order valence-corrected chi connectivity index (χ4v) is 4.04. The van der Waals surface area contributed by atoms with Crippen LogP contribution in [0.4, 0.5) is 4.79 Å². The Morgan fingerprint density at radius 1 is 1.22 bits per heavy atom. The minimum absolute atomic E-state index is 0.0581. The Hall–Kier alpha value is -3.17. The first kappa shape index (κ1) is 22.0. The number of amides is 3. The predicted molar refractivity (Wildman–Crippen MR) is 120 cm³/mol. The van der Waals surface area contributed by atoms with E-state index in [0.29, 0.717) is 27.2 Å². The van der Waals surface area contributed by atoms with Crippen LogP contribution in [0.3, 0.4) is 0 Å². The van der Waals surface area contributed by atoms with Crippen LogP contribution in [0.2, 0.25) is 5.02 Å². The van der Waals surface area contributed by atoms with Crippen molar-refractivity contribution in [3.05, 3.63) is 58.0 Å². The highest BCUT2D eigenvalue weighted by Crippen LogP contribution is 2.36. The van der Waals surface area contributed by atoms with E-state index in [9.17, 15) is 14.4 Å². The maximum absolute atomic E-state index is 12.6. The topological polar surface area (TPSA) is 94.2 Å². The summed E-state index contributed by atoms with van der Waals surface area (Å²) in [6.07, 6.45) is 0.880. The lowest BCUT2D eigenvalue weighted by molar-refractivity contribution is -0.128. The van der Waals surface area contributed by atoms with Gasteiger partial charge in [0.05, 0.1) is 4.91 Å². The minimum Gasteiger partial charge on any atom is -0.481 e. The molecule has 0 aromatic heterocycles. The summed E-state index contributed by atoms with van der Waals surface area (Å²) >= 11 is 6.69. The largest absolute Gasteiger partial charge is 0.481 e. The molecule has 166 valence electrons. The highest BCUT2D eigenvalue weighted by molar-refractivity contribution is 8.18. The van der Waals surface area contributed by atoms with Gasteiger partial charge in [0.2, 0.25) is 6.79 Å².